The number of urea groups is 1. The smallest absolute Gasteiger partial charge is 0.318 e. The monoisotopic (exact) mass is 276 g/mol. The lowest BCUT2D eigenvalue weighted by Crippen LogP contribution is -2.42. The first kappa shape index (κ1) is 13.6. The highest BCUT2D eigenvalue weighted by atomic mass is 35.5. The van der Waals surface area contributed by atoms with Crippen LogP contribution in [-0.2, 0) is 4.79 Å². The van der Waals surface area contributed by atoms with Gasteiger partial charge in [0.15, 0.2) is 6.10 Å². The van der Waals surface area contributed by atoms with Gasteiger partial charge in [0, 0.05) is 6.07 Å². The summed E-state index contributed by atoms with van der Waals surface area (Å²) in [5.74, 6) is -0.268. The molecule has 0 aliphatic rings. The van der Waals surface area contributed by atoms with Crippen molar-refractivity contribution in [1.82, 2.24) is 5.32 Å². The van der Waals surface area contributed by atoms with Crippen LogP contribution in [0.25, 0.3) is 0 Å². The van der Waals surface area contributed by atoms with E-state index in [2.05, 4.69) is 0 Å². The number of ether oxygens (including phenoxy) is 1. The fourth-order valence-corrected chi connectivity index (χ4v) is 1.32. The maximum absolute atomic E-state index is 11.3. The van der Waals surface area contributed by atoms with Crippen LogP contribution < -0.4 is 15.8 Å². The SMILES string of the molecule is C[C@@H](Oc1ccc(Cl)c(Cl)c1)C(=O)NC(N)=O. The highest BCUT2D eigenvalue weighted by molar-refractivity contribution is 6.42. The first-order chi connectivity index (χ1) is 7.90. The van der Waals surface area contributed by atoms with Gasteiger partial charge in [-0.05, 0) is 19.1 Å². The summed E-state index contributed by atoms with van der Waals surface area (Å²) in [6.45, 7) is 1.47. The van der Waals surface area contributed by atoms with Crippen molar-refractivity contribution >= 4 is 35.1 Å². The number of hydrogen-bond acceptors (Lipinski definition) is 3. The van der Waals surface area contributed by atoms with Crippen LogP contribution in [0, 0.1) is 0 Å². The van der Waals surface area contributed by atoms with E-state index in [4.69, 9.17) is 33.7 Å². The van der Waals surface area contributed by atoms with E-state index < -0.39 is 18.0 Å². The Balaban J connectivity index is 2.67. The highest BCUT2D eigenvalue weighted by Gasteiger charge is 2.16. The maximum Gasteiger partial charge on any atom is 0.318 e. The van der Waals surface area contributed by atoms with Crippen molar-refractivity contribution < 1.29 is 14.3 Å². The standard InChI is InChI=1S/C10H10Cl2N2O3/c1-5(9(15)14-10(13)16)17-6-2-3-7(11)8(12)4-6/h2-5H,1H3,(H3,13,14,15,16)/t5-/m1/s1. The minimum absolute atomic E-state index is 0.312. The molecule has 0 aliphatic carbocycles. The van der Waals surface area contributed by atoms with Crippen molar-refractivity contribution in [2.75, 3.05) is 0 Å². The molecular weight excluding hydrogens is 267 g/mol. The minimum Gasteiger partial charge on any atom is -0.481 e. The molecule has 0 saturated carbocycles. The van der Waals surface area contributed by atoms with Gasteiger partial charge >= 0.3 is 6.03 Å². The second kappa shape index (κ2) is 5.75. The third-order valence-electron chi connectivity index (χ3n) is 1.82. The molecule has 17 heavy (non-hydrogen) atoms. The van der Waals surface area contributed by atoms with Gasteiger partial charge in [-0.25, -0.2) is 4.79 Å². The summed E-state index contributed by atoms with van der Waals surface area (Å²) in [5.41, 5.74) is 4.80. The zero-order valence-electron chi connectivity index (χ0n) is 8.87. The minimum atomic E-state index is -0.931. The molecule has 0 spiro atoms. The summed E-state index contributed by atoms with van der Waals surface area (Å²) >= 11 is 11.5. The molecule has 0 bridgehead atoms. The predicted octanol–water partition coefficient (Wildman–Crippen LogP) is 1.96. The summed E-state index contributed by atoms with van der Waals surface area (Å²) in [7, 11) is 0. The number of primary amides is 1. The summed E-state index contributed by atoms with van der Waals surface area (Å²) in [5, 5.41) is 2.60. The summed E-state index contributed by atoms with van der Waals surface area (Å²) in [4.78, 5) is 21.8. The molecule has 0 fully saturated rings. The molecule has 0 heterocycles. The van der Waals surface area contributed by atoms with E-state index in [1.165, 1.54) is 19.1 Å². The van der Waals surface area contributed by atoms with Gasteiger partial charge in [-0.15, -0.1) is 0 Å². The Morgan fingerprint density at radius 3 is 2.53 bits per heavy atom. The third kappa shape index (κ3) is 4.13. The molecule has 1 aromatic carbocycles. The van der Waals surface area contributed by atoms with Gasteiger partial charge in [-0.1, -0.05) is 23.2 Å². The van der Waals surface area contributed by atoms with Crippen LogP contribution in [-0.4, -0.2) is 18.0 Å². The summed E-state index contributed by atoms with van der Waals surface area (Å²) < 4.78 is 5.25. The molecule has 5 nitrogen and oxygen atoms in total. The molecule has 92 valence electrons. The second-order valence-corrected chi connectivity index (χ2v) is 4.00. The second-order valence-electron chi connectivity index (χ2n) is 3.19. The molecule has 0 aromatic heterocycles. The number of amides is 3. The first-order valence-electron chi connectivity index (χ1n) is 4.62. The average molecular weight is 277 g/mol. The van der Waals surface area contributed by atoms with Crippen LogP contribution in [0.2, 0.25) is 10.0 Å². The van der Waals surface area contributed by atoms with Crippen molar-refractivity contribution in [1.29, 1.82) is 0 Å². The van der Waals surface area contributed by atoms with Crippen LogP contribution in [0.15, 0.2) is 18.2 Å². The Bertz CT molecular complexity index is 451. The van der Waals surface area contributed by atoms with Crippen LogP contribution in [0.5, 0.6) is 5.75 Å². The summed E-state index contributed by atoms with van der Waals surface area (Å²) in [6, 6.07) is 3.64. The molecule has 1 rings (SSSR count). The fraction of sp³-hybridized carbons (Fsp3) is 0.200. The summed E-state index contributed by atoms with van der Waals surface area (Å²) in [6.07, 6.45) is -0.875. The van der Waals surface area contributed by atoms with E-state index in [0.29, 0.717) is 15.8 Å². The van der Waals surface area contributed by atoms with E-state index in [1.54, 1.807) is 6.07 Å². The van der Waals surface area contributed by atoms with Gasteiger partial charge in [-0.2, -0.15) is 0 Å². The number of rotatable bonds is 3. The molecule has 7 heteroatoms. The number of hydrogen-bond donors (Lipinski definition) is 2. The predicted molar refractivity (Wildman–Crippen MR) is 64.3 cm³/mol. The number of benzene rings is 1. The van der Waals surface area contributed by atoms with E-state index in [1.807, 2.05) is 5.32 Å². The van der Waals surface area contributed by atoms with E-state index in [-0.39, 0.29) is 0 Å². The van der Waals surface area contributed by atoms with Crippen LogP contribution in [0.4, 0.5) is 4.79 Å². The van der Waals surface area contributed by atoms with Crippen molar-refractivity contribution in [3.63, 3.8) is 0 Å². The fourth-order valence-electron chi connectivity index (χ4n) is 1.03. The van der Waals surface area contributed by atoms with Crippen LogP contribution in [0.1, 0.15) is 6.92 Å². The maximum atomic E-state index is 11.3. The van der Waals surface area contributed by atoms with Crippen molar-refractivity contribution in [2.45, 2.75) is 13.0 Å². The zero-order valence-corrected chi connectivity index (χ0v) is 10.4. The molecule has 3 amide bonds. The van der Waals surface area contributed by atoms with Crippen molar-refractivity contribution in [3.05, 3.63) is 28.2 Å². The quantitative estimate of drug-likeness (QED) is 0.886. The van der Waals surface area contributed by atoms with Gasteiger partial charge in [0.05, 0.1) is 10.0 Å². The number of nitrogens with one attached hydrogen (secondary N) is 1. The van der Waals surface area contributed by atoms with Crippen molar-refractivity contribution in [3.8, 4) is 5.75 Å². The molecular formula is C10H10Cl2N2O3. The normalized spacial score (nSPS) is 11.7. The first-order valence-corrected chi connectivity index (χ1v) is 5.37. The Morgan fingerprint density at radius 2 is 2.00 bits per heavy atom. The molecule has 0 aliphatic heterocycles. The van der Waals surface area contributed by atoms with Gasteiger partial charge < -0.3 is 10.5 Å². The van der Waals surface area contributed by atoms with Gasteiger partial charge in [-0.3, -0.25) is 10.1 Å². The van der Waals surface area contributed by atoms with Gasteiger partial charge in [0.1, 0.15) is 5.75 Å². The lowest BCUT2D eigenvalue weighted by molar-refractivity contribution is -0.126. The van der Waals surface area contributed by atoms with E-state index in [9.17, 15) is 9.59 Å². The topological polar surface area (TPSA) is 81.4 Å². The van der Waals surface area contributed by atoms with Gasteiger partial charge in [0.25, 0.3) is 5.91 Å². The van der Waals surface area contributed by atoms with E-state index >= 15 is 0 Å². The molecule has 0 radical (unpaired) electrons. The van der Waals surface area contributed by atoms with Crippen LogP contribution in [0.3, 0.4) is 0 Å². The lowest BCUT2D eigenvalue weighted by Gasteiger charge is -2.13. The Labute approximate surface area is 108 Å². The molecule has 1 aromatic rings. The molecule has 3 N–H and O–H groups in total. The van der Waals surface area contributed by atoms with Crippen molar-refractivity contribution in [2.24, 2.45) is 5.73 Å². The Morgan fingerprint density at radius 1 is 1.35 bits per heavy atom. The number of nitrogens with two attached hydrogens (primary N) is 1. The largest absolute Gasteiger partial charge is 0.481 e. The van der Waals surface area contributed by atoms with Gasteiger partial charge in [0.2, 0.25) is 0 Å². The molecule has 1 atom stereocenters. The zero-order chi connectivity index (χ0) is 13.0. The third-order valence-corrected chi connectivity index (χ3v) is 2.56. The average Bonchev–Trinajstić information content (AvgIpc) is 2.22. The number of imide groups is 1. The lowest BCUT2D eigenvalue weighted by atomic mass is 10.3. The Hall–Kier alpha value is -1.46. The Kier molecular flexibility index (Phi) is 4.60. The van der Waals surface area contributed by atoms with Crippen LogP contribution >= 0.6 is 23.2 Å². The molecule has 0 unspecified atom stereocenters. The number of carbonyl (C=O) groups is 2. The van der Waals surface area contributed by atoms with E-state index in [0.717, 1.165) is 0 Å². The number of halogens is 2. The molecule has 0 saturated heterocycles. The number of carbonyl (C=O) groups excluding carboxylic acids is 2. The highest BCUT2D eigenvalue weighted by Crippen LogP contribution is 2.26.